The van der Waals surface area contributed by atoms with Crippen molar-refractivity contribution in [2.24, 2.45) is 0 Å². The van der Waals surface area contributed by atoms with Crippen LogP contribution in [0, 0.1) is 0 Å². The van der Waals surface area contributed by atoms with Gasteiger partial charge in [-0.05, 0) is 12.1 Å². The molecule has 4 nitrogen and oxygen atoms in total. The van der Waals surface area contributed by atoms with E-state index in [1.54, 1.807) is 18.2 Å². The van der Waals surface area contributed by atoms with Gasteiger partial charge >= 0.3 is 0 Å². The minimum absolute atomic E-state index is 0.209. The van der Waals surface area contributed by atoms with E-state index in [0.29, 0.717) is 18.2 Å². The van der Waals surface area contributed by atoms with Crippen molar-refractivity contribution in [3.63, 3.8) is 0 Å². The number of pyridine rings is 1. The van der Waals surface area contributed by atoms with Crippen LogP contribution in [0.2, 0.25) is 0 Å². The summed E-state index contributed by atoms with van der Waals surface area (Å²) >= 11 is 0. The molecule has 15 heavy (non-hydrogen) atoms. The molecule has 0 fully saturated rings. The van der Waals surface area contributed by atoms with Crippen molar-refractivity contribution in [2.75, 3.05) is 30.8 Å². The molecular formula is C9H13F2N3O. The summed E-state index contributed by atoms with van der Waals surface area (Å²) in [5, 5.41) is 2.90. The first kappa shape index (κ1) is 11.6. The first-order valence-electron chi connectivity index (χ1n) is 4.51. The van der Waals surface area contributed by atoms with Crippen LogP contribution in [0.3, 0.4) is 0 Å². The van der Waals surface area contributed by atoms with Crippen LogP contribution in [0.4, 0.5) is 20.4 Å². The standard InChI is InChI=1S/C9H13F2N3O/c10-7(11)6-15-5-4-13-9-3-1-2-8(12)14-9/h1-3,7H,4-6H2,(H3,12,13,14). The summed E-state index contributed by atoms with van der Waals surface area (Å²) in [7, 11) is 0. The second-order valence-electron chi connectivity index (χ2n) is 2.84. The fourth-order valence-corrected chi connectivity index (χ4v) is 0.974. The molecule has 0 atom stereocenters. The van der Waals surface area contributed by atoms with Gasteiger partial charge in [0.2, 0.25) is 0 Å². The van der Waals surface area contributed by atoms with Crippen molar-refractivity contribution in [3.05, 3.63) is 18.2 Å². The number of alkyl halides is 2. The number of halogens is 2. The Hall–Kier alpha value is -1.43. The molecule has 6 heteroatoms. The number of nitrogens with two attached hydrogens (primary N) is 1. The van der Waals surface area contributed by atoms with Gasteiger partial charge in [-0.15, -0.1) is 0 Å². The number of rotatable bonds is 6. The van der Waals surface area contributed by atoms with Crippen LogP contribution in [0.15, 0.2) is 18.2 Å². The summed E-state index contributed by atoms with van der Waals surface area (Å²) in [6.07, 6.45) is -2.42. The first-order valence-corrected chi connectivity index (χ1v) is 4.51. The van der Waals surface area contributed by atoms with Crippen molar-refractivity contribution in [1.29, 1.82) is 0 Å². The molecule has 3 N–H and O–H groups in total. The van der Waals surface area contributed by atoms with Gasteiger partial charge in [0.05, 0.1) is 6.61 Å². The highest BCUT2D eigenvalue weighted by Crippen LogP contribution is 2.04. The van der Waals surface area contributed by atoms with Crippen molar-refractivity contribution in [1.82, 2.24) is 4.98 Å². The Bertz CT molecular complexity index is 296. The molecule has 0 spiro atoms. The quantitative estimate of drug-likeness (QED) is 0.706. The van der Waals surface area contributed by atoms with E-state index >= 15 is 0 Å². The first-order chi connectivity index (χ1) is 7.18. The highest BCUT2D eigenvalue weighted by molar-refractivity contribution is 5.41. The number of hydrogen-bond acceptors (Lipinski definition) is 4. The maximum Gasteiger partial charge on any atom is 0.261 e. The van der Waals surface area contributed by atoms with E-state index < -0.39 is 13.0 Å². The molecule has 0 bridgehead atoms. The van der Waals surface area contributed by atoms with Gasteiger partial charge in [-0.25, -0.2) is 13.8 Å². The summed E-state index contributed by atoms with van der Waals surface area (Å²) in [6, 6.07) is 5.16. The molecular weight excluding hydrogens is 204 g/mol. The second kappa shape index (κ2) is 6.13. The van der Waals surface area contributed by atoms with Crippen molar-refractivity contribution >= 4 is 11.6 Å². The molecule has 0 aliphatic heterocycles. The van der Waals surface area contributed by atoms with Crippen molar-refractivity contribution in [2.45, 2.75) is 6.43 Å². The summed E-state index contributed by atoms with van der Waals surface area (Å²) < 4.78 is 28.0. The number of nitrogen functional groups attached to an aromatic ring is 1. The zero-order valence-electron chi connectivity index (χ0n) is 8.12. The lowest BCUT2D eigenvalue weighted by atomic mass is 10.4. The van der Waals surface area contributed by atoms with Gasteiger partial charge in [-0.2, -0.15) is 0 Å². The number of nitrogens with one attached hydrogen (secondary N) is 1. The lowest BCUT2D eigenvalue weighted by Crippen LogP contribution is -2.13. The van der Waals surface area contributed by atoms with E-state index in [4.69, 9.17) is 5.73 Å². The van der Waals surface area contributed by atoms with Gasteiger partial charge in [-0.1, -0.05) is 6.07 Å². The monoisotopic (exact) mass is 217 g/mol. The molecule has 0 radical (unpaired) electrons. The molecule has 0 aliphatic carbocycles. The largest absolute Gasteiger partial charge is 0.384 e. The molecule has 0 amide bonds. The third-order valence-electron chi connectivity index (χ3n) is 1.57. The zero-order valence-corrected chi connectivity index (χ0v) is 8.12. The molecule has 0 unspecified atom stereocenters. The molecule has 1 aromatic heterocycles. The Morgan fingerprint density at radius 2 is 2.27 bits per heavy atom. The van der Waals surface area contributed by atoms with Crippen molar-refractivity contribution < 1.29 is 13.5 Å². The minimum atomic E-state index is -2.42. The minimum Gasteiger partial charge on any atom is -0.384 e. The third-order valence-corrected chi connectivity index (χ3v) is 1.57. The smallest absolute Gasteiger partial charge is 0.261 e. The van der Waals surface area contributed by atoms with Crippen LogP contribution < -0.4 is 11.1 Å². The average molecular weight is 217 g/mol. The molecule has 1 heterocycles. The lowest BCUT2D eigenvalue weighted by Gasteiger charge is -2.06. The third kappa shape index (κ3) is 5.11. The van der Waals surface area contributed by atoms with Gasteiger partial charge in [0.25, 0.3) is 6.43 Å². The Balaban J connectivity index is 2.15. The summed E-state index contributed by atoms with van der Waals surface area (Å²) in [5.41, 5.74) is 5.45. The fourth-order valence-electron chi connectivity index (χ4n) is 0.974. The molecule has 1 aromatic rings. The molecule has 1 rings (SSSR count). The average Bonchev–Trinajstić information content (AvgIpc) is 2.17. The topological polar surface area (TPSA) is 60.2 Å². The second-order valence-corrected chi connectivity index (χ2v) is 2.84. The van der Waals surface area contributed by atoms with E-state index in [1.807, 2.05) is 0 Å². The normalized spacial score (nSPS) is 10.6. The Morgan fingerprint density at radius 1 is 1.47 bits per heavy atom. The van der Waals surface area contributed by atoms with Gasteiger partial charge in [0.15, 0.2) is 0 Å². The van der Waals surface area contributed by atoms with Crippen LogP contribution in [0.5, 0.6) is 0 Å². The predicted molar refractivity (Wildman–Crippen MR) is 54.0 cm³/mol. The van der Waals surface area contributed by atoms with E-state index in [9.17, 15) is 8.78 Å². The van der Waals surface area contributed by atoms with E-state index in [2.05, 4.69) is 15.0 Å². The fraction of sp³-hybridized carbons (Fsp3) is 0.444. The molecule has 0 saturated heterocycles. The van der Waals surface area contributed by atoms with E-state index in [0.717, 1.165) is 0 Å². The lowest BCUT2D eigenvalue weighted by molar-refractivity contribution is 0.0215. The Morgan fingerprint density at radius 3 is 2.93 bits per heavy atom. The van der Waals surface area contributed by atoms with Crippen LogP contribution in [0.25, 0.3) is 0 Å². The number of anilines is 2. The summed E-state index contributed by atoms with van der Waals surface area (Å²) in [5.74, 6) is 1.02. The van der Waals surface area contributed by atoms with Crippen LogP contribution in [-0.4, -0.2) is 31.2 Å². The maximum atomic E-state index is 11.7. The number of hydrogen-bond donors (Lipinski definition) is 2. The van der Waals surface area contributed by atoms with Crippen molar-refractivity contribution in [3.8, 4) is 0 Å². The van der Waals surface area contributed by atoms with Crippen LogP contribution >= 0.6 is 0 Å². The van der Waals surface area contributed by atoms with E-state index in [1.165, 1.54) is 0 Å². The van der Waals surface area contributed by atoms with Gasteiger partial charge in [0.1, 0.15) is 18.2 Å². The molecule has 84 valence electrons. The number of aromatic nitrogens is 1. The highest BCUT2D eigenvalue weighted by Gasteiger charge is 2.00. The van der Waals surface area contributed by atoms with Crippen LogP contribution in [0.1, 0.15) is 0 Å². The molecule has 0 aliphatic rings. The summed E-state index contributed by atoms with van der Waals surface area (Å²) in [6.45, 7) is 0.0933. The highest BCUT2D eigenvalue weighted by atomic mass is 19.3. The van der Waals surface area contributed by atoms with E-state index in [-0.39, 0.29) is 6.61 Å². The molecule has 0 saturated carbocycles. The number of ether oxygens (including phenoxy) is 1. The van der Waals surface area contributed by atoms with Crippen LogP contribution in [-0.2, 0) is 4.74 Å². The SMILES string of the molecule is Nc1cccc(NCCOCC(F)F)n1. The zero-order chi connectivity index (χ0) is 11.1. The summed E-state index contributed by atoms with van der Waals surface area (Å²) in [4.78, 5) is 3.97. The predicted octanol–water partition coefficient (Wildman–Crippen LogP) is 1.36. The maximum absolute atomic E-state index is 11.7. The number of nitrogens with zero attached hydrogens (tertiary/aromatic N) is 1. The van der Waals surface area contributed by atoms with Gasteiger partial charge < -0.3 is 15.8 Å². The van der Waals surface area contributed by atoms with Gasteiger partial charge in [-0.3, -0.25) is 0 Å². The Kier molecular flexibility index (Phi) is 4.76. The van der Waals surface area contributed by atoms with Gasteiger partial charge in [0, 0.05) is 6.54 Å². The Labute approximate surface area is 86.4 Å². The molecule has 0 aromatic carbocycles.